The molecule has 1 aromatic rings. The van der Waals surface area contributed by atoms with Crippen molar-refractivity contribution >= 4 is 17.0 Å². The minimum Gasteiger partial charge on any atom is -0.470 e. The summed E-state index contributed by atoms with van der Waals surface area (Å²) in [5.74, 6) is 0.926. The Balaban J connectivity index is 1.90. The molecule has 0 radical (unpaired) electrons. The molecule has 0 aliphatic carbocycles. The molecule has 0 N–H and O–H groups in total. The summed E-state index contributed by atoms with van der Waals surface area (Å²) in [6.07, 6.45) is 0. The van der Waals surface area contributed by atoms with E-state index in [1.165, 1.54) is 5.56 Å². The van der Waals surface area contributed by atoms with Crippen LogP contribution in [0, 0.1) is 0 Å². The van der Waals surface area contributed by atoms with Gasteiger partial charge in [0.25, 0.3) is 0 Å². The molecule has 1 aliphatic rings. The maximum absolute atomic E-state index is 5.50. The second-order valence-electron chi connectivity index (χ2n) is 4.25. The fourth-order valence-electron chi connectivity index (χ4n) is 1.34. The number of rotatable bonds is 2. The number of benzene rings is 1. The lowest BCUT2D eigenvalue weighted by molar-refractivity contribution is 0.284. The molecule has 2 nitrogen and oxygen atoms in total. The number of hydrogen-bond acceptors (Lipinski definition) is 3. The summed E-state index contributed by atoms with van der Waals surface area (Å²) in [5, 5.41) is 0.823. The fourth-order valence-corrected chi connectivity index (χ4v) is 2.28. The van der Waals surface area contributed by atoms with Crippen LogP contribution in [-0.2, 0) is 10.5 Å². The van der Waals surface area contributed by atoms with Crippen molar-refractivity contribution in [1.82, 2.24) is 0 Å². The van der Waals surface area contributed by atoms with Crippen LogP contribution in [0.1, 0.15) is 19.4 Å². The molecule has 1 aromatic carbocycles. The van der Waals surface area contributed by atoms with E-state index < -0.39 is 0 Å². The second kappa shape index (κ2) is 4.27. The van der Waals surface area contributed by atoms with Crippen molar-refractivity contribution in [3.63, 3.8) is 0 Å². The summed E-state index contributed by atoms with van der Waals surface area (Å²) in [4.78, 5) is 4.49. The van der Waals surface area contributed by atoms with Gasteiger partial charge in [0.2, 0.25) is 5.23 Å². The van der Waals surface area contributed by atoms with E-state index in [-0.39, 0.29) is 5.54 Å². The minimum atomic E-state index is -0.0426. The Morgan fingerprint density at radius 1 is 1.33 bits per heavy atom. The van der Waals surface area contributed by atoms with Gasteiger partial charge in [-0.2, -0.15) is 0 Å². The topological polar surface area (TPSA) is 21.6 Å². The summed E-state index contributed by atoms with van der Waals surface area (Å²) in [5.41, 5.74) is 1.26. The summed E-state index contributed by atoms with van der Waals surface area (Å²) in [7, 11) is 0. The smallest absolute Gasteiger partial charge is 0.246 e. The number of nitrogens with zero attached hydrogens (tertiary/aromatic N) is 1. The molecule has 80 valence electrons. The lowest BCUT2D eigenvalue weighted by Crippen LogP contribution is -2.17. The highest BCUT2D eigenvalue weighted by atomic mass is 32.2. The molecule has 0 aromatic heterocycles. The molecule has 0 amide bonds. The third kappa shape index (κ3) is 2.99. The molecular formula is C12H15NOS. The Hall–Kier alpha value is -0.960. The van der Waals surface area contributed by atoms with Crippen LogP contribution in [0.2, 0.25) is 0 Å². The number of ether oxygens (including phenoxy) is 1. The van der Waals surface area contributed by atoms with E-state index in [1.807, 2.05) is 6.07 Å². The zero-order valence-electron chi connectivity index (χ0n) is 9.06. The van der Waals surface area contributed by atoms with Gasteiger partial charge in [-0.05, 0) is 19.4 Å². The Kier molecular flexibility index (Phi) is 3.00. The van der Waals surface area contributed by atoms with Crippen molar-refractivity contribution in [3.8, 4) is 0 Å². The predicted octanol–water partition coefficient (Wildman–Crippen LogP) is 3.08. The van der Waals surface area contributed by atoms with Crippen molar-refractivity contribution in [1.29, 1.82) is 0 Å². The summed E-state index contributed by atoms with van der Waals surface area (Å²) in [6.45, 7) is 4.87. The van der Waals surface area contributed by atoms with E-state index >= 15 is 0 Å². The first-order valence-electron chi connectivity index (χ1n) is 5.05. The van der Waals surface area contributed by atoms with Crippen molar-refractivity contribution in [2.24, 2.45) is 4.99 Å². The van der Waals surface area contributed by atoms with Crippen LogP contribution in [0.4, 0.5) is 0 Å². The predicted molar refractivity (Wildman–Crippen MR) is 65.2 cm³/mol. The van der Waals surface area contributed by atoms with Crippen LogP contribution in [0.15, 0.2) is 35.3 Å². The lowest BCUT2D eigenvalue weighted by atomic mass is 10.1. The van der Waals surface area contributed by atoms with Gasteiger partial charge in [-0.1, -0.05) is 42.1 Å². The Morgan fingerprint density at radius 3 is 2.67 bits per heavy atom. The monoisotopic (exact) mass is 221 g/mol. The van der Waals surface area contributed by atoms with Crippen LogP contribution in [0.25, 0.3) is 0 Å². The van der Waals surface area contributed by atoms with Crippen molar-refractivity contribution in [2.75, 3.05) is 6.61 Å². The van der Waals surface area contributed by atoms with Crippen LogP contribution < -0.4 is 0 Å². The first-order valence-corrected chi connectivity index (χ1v) is 6.04. The van der Waals surface area contributed by atoms with Gasteiger partial charge in [-0.3, -0.25) is 0 Å². The minimum absolute atomic E-state index is 0.0426. The van der Waals surface area contributed by atoms with Crippen LogP contribution in [0.5, 0.6) is 0 Å². The maximum atomic E-state index is 5.50. The summed E-state index contributed by atoms with van der Waals surface area (Å²) in [6, 6.07) is 10.4. The van der Waals surface area contributed by atoms with Crippen LogP contribution in [0.3, 0.4) is 0 Å². The van der Waals surface area contributed by atoms with E-state index in [1.54, 1.807) is 11.8 Å². The molecule has 1 heterocycles. The lowest BCUT2D eigenvalue weighted by Gasteiger charge is -2.07. The molecule has 0 saturated heterocycles. The molecule has 15 heavy (non-hydrogen) atoms. The van der Waals surface area contributed by atoms with Crippen molar-refractivity contribution in [2.45, 2.75) is 25.1 Å². The highest BCUT2D eigenvalue weighted by molar-refractivity contribution is 8.12. The van der Waals surface area contributed by atoms with E-state index in [9.17, 15) is 0 Å². The number of hydrogen-bond donors (Lipinski definition) is 0. The molecule has 0 saturated carbocycles. The first-order chi connectivity index (χ1) is 7.16. The standard InChI is InChI=1S/C12H15NOS/c1-12(2)9-14-11(13-12)15-8-10-6-4-3-5-7-10/h3-7H,8-9H2,1-2H3. The molecule has 0 fully saturated rings. The quantitative estimate of drug-likeness (QED) is 0.765. The van der Waals surface area contributed by atoms with E-state index in [2.05, 4.69) is 43.1 Å². The van der Waals surface area contributed by atoms with Crippen LogP contribution in [-0.4, -0.2) is 17.4 Å². The molecule has 0 unspecified atom stereocenters. The Morgan fingerprint density at radius 2 is 2.07 bits per heavy atom. The SMILES string of the molecule is CC1(C)COC(SCc2ccccc2)=N1. The van der Waals surface area contributed by atoms with Gasteiger partial charge >= 0.3 is 0 Å². The van der Waals surface area contributed by atoms with E-state index in [4.69, 9.17) is 4.74 Å². The van der Waals surface area contributed by atoms with Gasteiger partial charge in [-0.25, -0.2) is 4.99 Å². The maximum Gasteiger partial charge on any atom is 0.246 e. The number of thioether (sulfide) groups is 1. The second-order valence-corrected chi connectivity index (χ2v) is 5.18. The first kappa shape index (κ1) is 10.6. The molecule has 2 rings (SSSR count). The summed E-state index contributed by atoms with van der Waals surface area (Å²) >= 11 is 1.67. The zero-order valence-corrected chi connectivity index (χ0v) is 9.88. The van der Waals surface area contributed by atoms with Crippen LogP contribution >= 0.6 is 11.8 Å². The normalized spacial score (nSPS) is 18.4. The molecule has 0 atom stereocenters. The van der Waals surface area contributed by atoms with Crippen molar-refractivity contribution in [3.05, 3.63) is 35.9 Å². The largest absolute Gasteiger partial charge is 0.470 e. The van der Waals surface area contributed by atoms with Gasteiger partial charge in [-0.15, -0.1) is 0 Å². The van der Waals surface area contributed by atoms with E-state index in [0.717, 1.165) is 11.0 Å². The molecular weight excluding hydrogens is 206 g/mol. The fraction of sp³-hybridized carbons (Fsp3) is 0.417. The molecule has 0 bridgehead atoms. The van der Waals surface area contributed by atoms with Gasteiger partial charge in [0.1, 0.15) is 6.61 Å². The third-order valence-electron chi connectivity index (χ3n) is 2.15. The Bertz CT molecular complexity index is 359. The molecule has 3 heteroatoms. The van der Waals surface area contributed by atoms with Gasteiger partial charge in [0.15, 0.2) is 0 Å². The average molecular weight is 221 g/mol. The van der Waals surface area contributed by atoms with Gasteiger partial charge in [0, 0.05) is 5.75 Å². The highest BCUT2D eigenvalue weighted by Crippen LogP contribution is 2.24. The van der Waals surface area contributed by atoms with Crippen molar-refractivity contribution < 1.29 is 4.74 Å². The van der Waals surface area contributed by atoms with Gasteiger partial charge in [0.05, 0.1) is 5.54 Å². The average Bonchev–Trinajstić information content (AvgIpc) is 2.57. The summed E-state index contributed by atoms with van der Waals surface area (Å²) < 4.78 is 5.50. The number of aliphatic imine (C=N–C) groups is 1. The van der Waals surface area contributed by atoms with Gasteiger partial charge < -0.3 is 4.74 Å². The molecule has 0 spiro atoms. The third-order valence-corrected chi connectivity index (χ3v) is 3.08. The Labute approximate surface area is 94.7 Å². The highest BCUT2D eigenvalue weighted by Gasteiger charge is 2.26. The zero-order chi connectivity index (χ0) is 10.7. The molecule has 1 aliphatic heterocycles. The van der Waals surface area contributed by atoms with E-state index in [0.29, 0.717) is 6.61 Å².